The van der Waals surface area contributed by atoms with Gasteiger partial charge in [-0.25, -0.2) is 8.42 Å². The molecule has 42 heavy (non-hydrogen) atoms. The van der Waals surface area contributed by atoms with Crippen LogP contribution in [0.1, 0.15) is 28.7 Å². The number of hydrogen-bond donors (Lipinski definition) is 0. The maximum Gasteiger partial charge on any atom is 0.152 e. The quantitative estimate of drug-likeness (QED) is 0.105. The van der Waals surface area contributed by atoms with Gasteiger partial charge in [0.05, 0.1) is 36.3 Å². The van der Waals surface area contributed by atoms with Gasteiger partial charge in [-0.2, -0.15) is 0 Å². The first kappa shape index (κ1) is 32.4. The highest BCUT2D eigenvalue weighted by Gasteiger charge is 2.33. The molecule has 0 saturated carbocycles. The van der Waals surface area contributed by atoms with E-state index in [0.29, 0.717) is 26.2 Å². The second-order valence-electron chi connectivity index (χ2n) is 10.4. The third-order valence-electron chi connectivity index (χ3n) is 6.97. The summed E-state index contributed by atoms with van der Waals surface area (Å²) < 4.78 is 38.9. The van der Waals surface area contributed by atoms with E-state index in [-0.39, 0.29) is 17.1 Å². The Morgan fingerprint density at radius 1 is 0.571 bits per heavy atom. The molecule has 4 aromatic carbocycles. The van der Waals surface area contributed by atoms with Gasteiger partial charge >= 0.3 is 0 Å². The van der Waals surface area contributed by atoms with Crippen molar-refractivity contribution in [2.24, 2.45) is 5.92 Å². The van der Waals surface area contributed by atoms with E-state index in [2.05, 4.69) is 48.5 Å². The highest BCUT2D eigenvalue weighted by atomic mass is 32.2. The average molecular weight is 621 g/mol. The molecule has 0 unspecified atom stereocenters. The third kappa shape index (κ3) is 11.6. The maximum absolute atomic E-state index is 13.2. The molecule has 0 fully saturated rings. The molecule has 0 aromatic heterocycles. The fraction of sp³-hybridized carbons (Fsp3) is 0.314. The minimum absolute atomic E-state index is 0.131. The van der Waals surface area contributed by atoms with Crippen LogP contribution in [0.5, 0.6) is 0 Å². The van der Waals surface area contributed by atoms with Crippen molar-refractivity contribution in [2.75, 3.05) is 19.5 Å². The molecule has 0 N–H and O–H groups in total. The van der Waals surface area contributed by atoms with Gasteiger partial charge in [0, 0.05) is 23.7 Å². The van der Waals surface area contributed by atoms with Crippen LogP contribution in [0.15, 0.2) is 121 Å². The van der Waals surface area contributed by atoms with Gasteiger partial charge in [-0.3, -0.25) is 0 Å². The van der Waals surface area contributed by atoms with Crippen molar-refractivity contribution >= 4 is 33.4 Å². The molecular formula is C35H40O4S3. The molecule has 7 heteroatoms. The van der Waals surface area contributed by atoms with Crippen molar-refractivity contribution < 1.29 is 17.9 Å². The molecular weight excluding hydrogens is 581 g/mol. The average Bonchev–Trinajstić information content (AvgIpc) is 3.01. The molecule has 0 aliphatic heterocycles. The first-order valence-electron chi connectivity index (χ1n) is 14.2. The first-order valence-corrected chi connectivity index (χ1v) is 18.3. The van der Waals surface area contributed by atoms with Gasteiger partial charge < -0.3 is 9.47 Å². The maximum atomic E-state index is 13.2. The Balaban J connectivity index is 1.51. The molecule has 4 rings (SSSR count). The summed E-state index contributed by atoms with van der Waals surface area (Å²) in [6.45, 7) is 1.29. The number of thioether (sulfide) groups is 2. The molecule has 0 aliphatic rings. The summed E-state index contributed by atoms with van der Waals surface area (Å²) in [7, 11) is -3.42. The summed E-state index contributed by atoms with van der Waals surface area (Å²) in [5, 5.41) is -0.672. The van der Waals surface area contributed by atoms with Crippen LogP contribution < -0.4 is 0 Å². The fourth-order valence-corrected chi connectivity index (χ4v) is 8.60. The lowest BCUT2D eigenvalue weighted by Gasteiger charge is -2.29. The third-order valence-corrected chi connectivity index (χ3v) is 11.5. The number of benzene rings is 4. The Kier molecular flexibility index (Phi) is 13.5. The summed E-state index contributed by atoms with van der Waals surface area (Å²) in [5.74, 6) is 1.49. The first-order chi connectivity index (χ1) is 20.5. The molecule has 0 aliphatic carbocycles. The lowest BCUT2D eigenvalue weighted by Crippen LogP contribution is -2.37. The van der Waals surface area contributed by atoms with Crippen LogP contribution in [0.4, 0.5) is 0 Å². The van der Waals surface area contributed by atoms with Crippen molar-refractivity contribution in [2.45, 2.75) is 41.0 Å². The van der Waals surface area contributed by atoms with E-state index in [4.69, 9.17) is 9.47 Å². The molecule has 0 spiro atoms. The Hall–Kier alpha value is -2.55. The molecule has 0 radical (unpaired) electrons. The van der Waals surface area contributed by atoms with E-state index in [1.165, 1.54) is 17.4 Å². The zero-order valence-electron chi connectivity index (χ0n) is 24.1. The molecule has 0 amide bonds. The summed E-state index contributed by atoms with van der Waals surface area (Å²) in [6, 6.07) is 40.8. The highest BCUT2D eigenvalue weighted by molar-refractivity contribution is 8.16. The zero-order chi connectivity index (χ0) is 29.5. The van der Waals surface area contributed by atoms with E-state index >= 15 is 0 Å². The van der Waals surface area contributed by atoms with Crippen LogP contribution in [0.3, 0.4) is 0 Å². The molecule has 4 aromatic rings. The van der Waals surface area contributed by atoms with Gasteiger partial charge in [-0.15, -0.1) is 23.5 Å². The SMILES string of the molecule is CS(=O)(=O)[C@@H](COCc1ccccc1)[C@@H](COCc1ccccc1)CC(SCc1ccccc1)SCc1ccccc1. The fourth-order valence-electron chi connectivity index (χ4n) is 4.66. The second kappa shape index (κ2) is 17.5. The van der Waals surface area contributed by atoms with E-state index in [0.717, 1.165) is 22.6 Å². The minimum Gasteiger partial charge on any atom is -0.376 e. The summed E-state index contributed by atoms with van der Waals surface area (Å²) in [6.07, 6.45) is 2.02. The van der Waals surface area contributed by atoms with Crippen LogP contribution in [0, 0.1) is 5.92 Å². The van der Waals surface area contributed by atoms with Crippen molar-refractivity contribution in [3.8, 4) is 0 Å². The monoisotopic (exact) mass is 620 g/mol. The topological polar surface area (TPSA) is 52.6 Å². The highest BCUT2D eigenvalue weighted by Crippen LogP contribution is 2.36. The van der Waals surface area contributed by atoms with Crippen molar-refractivity contribution in [3.63, 3.8) is 0 Å². The van der Waals surface area contributed by atoms with Crippen LogP contribution in [0.2, 0.25) is 0 Å². The van der Waals surface area contributed by atoms with Crippen LogP contribution in [-0.4, -0.2) is 37.7 Å². The molecule has 0 heterocycles. The van der Waals surface area contributed by atoms with Crippen LogP contribution in [-0.2, 0) is 44.0 Å². The number of ether oxygens (including phenoxy) is 2. The number of hydrogen-bond acceptors (Lipinski definition) is 6. The molecule has 0 saturated heterocycles. The van der Waals surface area contributed by atoms with E-state index in [9.17, 15) is 8.42 Å². The predicted octanol–water partition coefficient (Wildman–Crippen LogP) is 8.03. The number of sulfone groups is 1. The normalized spacial score (nSPS) is 13.2. The number of rotatable bonds is 18. The standard InChI is InChI=1S/C35H40O4S3/c1-42(36,37)34(26-39-24-30-16-8-3-9-17-30)33(25-38-23-29-14-6-2-7-15-29)22-35(40-27-31-18-10-4-11-19-31)41-28-32-20-12-5-13-21-32/h2-21,33-35H,22-28H2,1H3/t33-,34+/m1/s1. The van der Waals surface area contributed by atoms with Crippen molar-refractivity contribution in [3.05, 3.63) is 144 Å². The Labute approximate surface area is 260 Å². The van der Waals surface area contributed by atoms with Crippen LogP contribution in [0.25, 0.3) is 0 Å². The van der Waals surface area contributed by atoms with Gasteiger partial charge in [0.2, 0.25) is 0 Å². The van der Waals surface area contributed by atoms with Crippen molar-refractivity contribution in [1.82, 2.24) is 0 Å². The zero-order valence-corrected chi connectivity index (χ0v) is 26.5. The Morgan fingerprint density at radius 2 is 0.952 bits per heavy atom. The molecule has 0 bridgehead atoms. The molecule has 222 valence electrons. The van der Waals surface area contributed by atoms with Crippen molar-refractivity contribution in [1.29, 1.82) is 0 Å². The second-order valence-corrected chi connectivity index (χ2v) is 15.3. The smallest absolute Gasteiger partial charge is 0.152 e. The van der Waals surface area contributed by atoms with E-state index < -0.39 is 15.1 Å². The van der Waals surface area contributed by atoms with Gasteiger partial charge in [-0.1, -0.05) is 121 Å². The summed E-state index contributed by atoms with van der Waals surface area (Å²) in [5.41, 5.74) is 4.61. The summed E-state index contributed by atoms with van der Waals surface area (Å²) in [4.78, 5) is 0. The molecule has 2 atom stereocenters. The summed E-state index contributed by atoms with van der Waals surface area (Å²) >= 11 is 3.75. The minimum atomic E-state index is -3.42. The van der Waals surface area contributed by atoms with Gasteiger partial charge in [0.15, 0.2) is 9.84 Å². The van der Waals surface area contributed by atoms with Gasteiger partial charge in [0.25, 0.3) is 0 Å². The Morgan fingerprint density at radius 3 is 1.36 bits per heavy atom. The van der Waals surface area contributed by atoms with Gasteiger partial charge in [0.1, 0.15) is 0 Å². The lowest BCUT2D eigenvalue weighted by atomic mass is 10.0. The predicted molar refractivity (Wildman–Crippen MR) is 178 cm³/mol. The van der Waals surface area contributed by atoms with E-state index in [1.807, 2.05) is 96.3 Å². The lowest BCUT2D eigenvalue weighted by molar-refractivity contribution is 0.0591. The largest absolute Gasteiger partial charge is 0.376 e. The Bertz CT molecular complexity index is 1340. The van der Waals surface area contributed by atoms with E-state index in [1.54, 1.807) is 0 Å². The van der Waals surface area contributed by atoms with Gasteiger partial charge in [-0.05, 0) is 28.7 Å². The van der Waals surface area contributed by atoms with Crippen LogP contribution >= 0.6 is 23.5 Å². The molecule has 4 nitrogen and oxygen atoms in total.